The number of nitrogens with one attached hydrogen (secondary N) is 2. The van der Waals surface area contributed by atoms with Crippen molar-refractivity contribution in [1.82, 2.24) is 19.7 Å². The van der Waals surface area contributed by atoms with E-state index in [1.165, 1.54) is 44.2 Å². The number of carbonyl (C=O) groups excluding carboxylic acids is 2. The Hall–Kier alpha value is -3.25. The van der Waals surface area contributed by atoms with Gasteiger partial charge in [0.2, 0.25) is 5.91 Å². The van der Waals surface area contributed by atoms with E-state index >= 15 is 0 Å². The summed E-state index contributed by atoms with van der Waals surface area (Å²) < 4.78 is 3.20. The molecular formula is C22H20ClN5O4S2. The third kappa shape index (κ3) is 5.62. The van der Waals surface area contributed by atoms with E-state index in [2.05, 4.69) is 15.7 Å². The Balaban J connectivity index is 1.61. The lowest BCUT2D eigenvalue weighted by Crippen LogP contribution is -2.33. The third-order valence-electron chi connectivity index (χ3n) is 4.78. The number of nitrogens with zero attached hydrogens (tertiary/aromatic N) is 3. The predicted molar refractivity (Wildman–Crippen MR) is 133 cm³/mol. The topological polar surface area (TPSA) is 118 Å². The van der Waals surface area contributed by atoms with Crippen molar-refractivity contribution in [3.8, 4) is 11.3 Å². The van der Waals surface area contributed by atoms with Crippen molar-refractivity contribution in [3.05, 3.63) is 78.5 Å². The number of thiophene rings is 2. The number of aliphatic hydroxyl groups is 1. The molecule has 4 heterocycles. The van der Waals surface area contributed by atoms with Crippen molar-refractivity contribution in [2.45, 2.75) is 13.1 Å². The minimum Gasteiger partial charge on any atom is -0.395 e. The van der Waals surface area contributed by atoms with Crippen LogP contribution >= 0.6 is 34.3 Å². The Labute approximate surface area is 207 Å². The van der Waals surface area contributed by atoms with Crippen molar-refractivity contribution < 1.29 is 14.7 Å². The summed E-state index contributed by atoms with van der Waals surface area (Å²) in [6.07, 6.45) is 1.50. The lowest BCUT2D eigenvalue weighted by atomic mass is 10.2. The molecule has 4 aromatic rings. The molecule has 34 heavy (non-hydrogen) atoms. The summed E-state index contributed by atoms with van der Waals surface area (Å²) >= 11 is 8.86. The second-order valence-corrected chi connectivity index (χ2v) is 9.74. The molecule has 12 heteroatoms. The molecule has 0 fully saturated rings. The maximum absolute atomic E-state index is 13.0. The molecule has 4 rings (SSSR count). The zero-order chi connectivity index (χ0) is 24.1. The molecular weight excluding hydrogens is 498 g/mol. The van der Waals surface area contributed by atoms with Gasteiger partial charge in [0, 0.05) is 40.7 Å². The van der Waals surface area contributed by atoms with Gasteiger partial charge in [-0.2, -0.15) is 21.1 Å². The second-order valence-electron chi connectivity index (χ2n) is 7.16. The van der Waals surface area contributed by atoms with Crippen molar-refractivity contribution in [2.75, 3.05) is 18.5 Å². The third-order valence-corrected chi connectivity index (χ3v) is 6.70. The highest BCUT2D eigenvalue weighted by atomic mass is 35.5. The van der Waals surface area contributed by atoms with Gasteiger partial charge in [-0.05, 0) is 29.6 Å². The van der Waals surface area contributed by atoms with Gasteiger partial charge in [0.05, 0.1) is 28.7 Å². The van der Waals surface area contributed by atoms with Crippen LogP contribution in [0.1, 0.15) is 15.2 Å². The highest BCUT2D eigenvalue weighted by Crippen LogP contribution is 2.25. The average Bonchev–Trinajstić information content (AvgIpc) is 3.58. The zero-order valence-corrected chi connectivity index (χ0v) is 20.1. The molecule has 0 atom stereocenters. The Kier molecular flexibility index (Phi) is 7.58. The van der Waals surface area contributed by atoms with Gasteiger partial charge in [0.1, 0.15) is 12.4 Å². The number of rotatable bonds is 9. The summed E-state index contributed by atoms with van der Waals surface area (Å²) in [5.74, 6) is -0.203. The molecule has 0 saturated carbocycles. The summed E-state index contributed by atoms with van der Waals surface area (Å²) in [6, 6.07) is 10.2. The van der Waals surface area contributed by atoms with Crippen LogP contribution in [0.3, 0.4) is 0 Å². The highest BCUT2D eigenvalue weighted by molar-refractivity contribution is 7.16. The van der Waals surface area contributed by atoms with Gasteiger partial charge < -0.3 is 20.3 Å². The van der Waals surface area contributed by atoms with Crippen LogP contribution in [0.2, 0.25) is 4.34 Å². The normalized spacial score (nSPS) is 10.9. The number of halogens is 1. The first-order valence-electron chi connectivity index (χ1n) is 10.2. The van der Waals surface area contributed by atoms with E-state index in [0.29, 0.717) is 33.5 Å². The molecule has 0 aliphatic rings. The minimum absolute atomic E-state index is 0.120. The summed E-state index contributed by atoms with van der Waals surface area (Å²) in [6.45, 7) is 0.224. The summed E-state index contributed by atoms with van der Waals surface area (Å²) in [7, 11) is 0. The molecule has 4 aromatic heterocycles. The van der Waals surface area contributed by atoms with Gasteiger partial charge in [-0.15, -0.1) is 11.3 Å². The number of pyridine rings is 1. The standard InChI is InChI=1S/C22H20ClN5O4S2/c23-18-2-1-16(34-18)11-25-19-10-17(26-28(19)22(32)15-4-8-33-13-15)14-3-6-27(21(31)9-14)12-20(30)24-5-7-29/h1-4,6,8-10,13,25,29H,5,7,11-12H2,(H,24,30). The lowest BCUT2D eigenvalue weighted by molar-refractivity contribution is -0.121. The average molecular weight is 518 g/mol. The summed E-state index contributed by atoms with van der Waals surface area (Å²) in [4.78, 5) is 38.4. The van der Waals surface area contributed by atoms with Crippen LogP contribution in [-0.4, -0.2) is 44.4 Å². The van der Waals surface area contributed by atoms with E-state index in [1.807, 2.05) is 17.5 Å². The zero-order valence-electron chi connectivity index (χ0n) is 17.7. The largest absolute Gasteiger partial charge is 0.395 e. The van der Waals surface area contributed by atoms with Gasteiger partial charge in [0.25, 0.3) is 11.5 Å². The van der Waals surface area contributed by atoms with Crippen LogP contribution < -0.4 is 16.2 Å². The summed E-state index contributed by atoms with van der Waals surface area (Å²) in [5, 5.41) is 22.5. The fourth-order valence-electron chi connectivity index (χ4n) is 3.14. The Morgan fingerprint density at radius 1 is 1.18 bits per heavy atom. The lowest BCUT2D eigenvalue weighted by Gasteiger charge is -2.07. The van der Waals surface area contributed by atoms with Gasteiger partial charge >= 0.3 is 0 Å². The van der Waals surface area contributed by atoms with Crippen LogP contribution in [0.4, 0.5) is 5.82 Å². The first-order valence-corrected chi connectivity index (χ1v) is 12.3. The van der Waals surface area contributed by atoms with E-state index < -0.39 is 5.56 Å². The van der Waals surface area contributed by atoms with Crippen molar-refractivity contribution in [3.63, 3.8) is 0 Å². The van der Waals surface area contributed by atoms with Crippen molar-refractivity contribution >= 4 is 51.9 Å². The number of hydrogen-bond acceptors (Lipinski definition) is 8. The van der Waals surface area contributed by atoms with Crippen molar-refractivity contribution in [1.29, 1.82) is 0 Å². The van der Waals surface area contributed by atoms with E-state index in [1.54, 1.807) is 23.6 Å². The molecule has 1 amide bonds. The maximum Gasteiger partial charge on any atom is 0.280 e. The van der Waals surface area contributed by atoms with Crippen LogP contribution in [0, 0.1) is 0 Å². The van der Waals surface area contributed by atoms with E-state index in [-0.39, 0.29) is 31.5 Å². The van der Waals surface area contributed by atoms with E-state index in [4.69, 9.17) is 16.7 Å². The molecule has 0 unspecified atom stereocenters. The Bertz CT molecular complexity index is 1360. The molecule has 0 saturated heterocycles. The van der Waals surface area contributed by atoms with Crippen molar-refractivity contribution in [2.24, 2.45) is 0 Å². The second kappa shape index (κ2) is 10.8. The number of anilines is 1. The highest BCUT2D eigenvalue weighted by Gasteiger charge is 2.18. The minimum atomic E-state index is -0.391. The first kappa shape index (κ1) is 23.9. The summed E-state index contributed by atoms with van der Waals surface area (Å²) in [5.41, 5.74) is 1.06. The molecule has 0 aliphatic heterocycles. The molecule has 0 spiro atoms. The van der Waals surface area contributed by atoms with E-state index in [0.717, 1.165) is 4.88 Å². The monoisotopic (exact) mass is 517 g/mol. The molecule has 0 aliphatic carbocycles. The molecule has 0 bridgehead atoms. The molecule has 0 aromatic carbocycles. The smallest absolute Gasteiger partial charge is 0.280 e. The van der Waals surface area contributed by atoms with Gasteiger partial charge in [0.15, 0.2) is 0 Å². The SMILES string of the molecule is O=C(Cn1ccc(-c2cc(NCc3ccc(Cl)s3)n(C(=O)c3ccsc3)n2)cc1=O)NCCO. The molecule has 3 N–H and O–H groups in total. The number of aromatic nitrogens is 3. The van der Waals surface area contributed by atoms with Crippen LogP contribution in [0.25, 0.3) is 11.3 Å². The molecule has 0 radical (unpaired) electrons. The van der Waals surface area contributed by atoms with Gasteiger partial charge in [-0.3, -0.25) is 14.4 Å². The quantitative estimate of drug-likeness (QED) is 0.314. The van der Waals surface area contributed by atoms with Crippen LogP contribution in [0.15, 0.2) is 58.1 Å². The number of hydrogen-bond donors (Lipinski definition) is 3. The van der Waals surface area contributed by atoms with Gasteiger partial charge in [-0.25, -0.2) is 0 Å². The number of carbonyl (C=O) groups is 2. The number of aliphatic hydroxyl groups excluding tert-OH is 1. The molecule has 176 valence electrons. The first-order chi connectivity index (χ1) is 16.4. The van der Waals surface area contributed by atoms with E-state index in [9.17, 15) is 14.4 Å². The fourth-order valence-corrected chi connectivity index (χ4v) is 4.80. The fraction of sp³-hybridized carbons (Fsp3) is 0.182. The molecule has 9 nitrogen and oxygen atoms in total. The Morgan fingerprint density at radius 3 is 2.71 bits per heavy atom. The predicted octanol–water partition coefficient (Wildman–Crippen LogP) is 2.90. The van der Waals surface area contributed by atoms with Gasteiger partial charge in [-0.1, -0.05) is 11.6 Å². The van der Waals surface area contributed by atoms with Crippen LogP contribution in [0.5, 0.6) is 0 Å². The number of amides is 1. The maximum atomic E-state index is 13.0. The van der Waals surface area contributed by atoms with Crippen LogP contribution in [-0.2, 0) is 17.9 Å². The Morgan fingerprint density at radius 2 is 2.03 bits per heavy atom.